The standard InChI is InChI=1S/C16H22N2O3.C7H13N/c1-4-11-8-9-18(16(20)21)15(13(11)5-2)12-6-7-14(19)17(3)10-12;1-4-8-5-2-7(1)3-6-8/h4-5,12,15H,1-2,6-10H2,3H3,(H,20,21);7H,1-6H2. The summed E-state index contributed by atoms with van der Waals surface area (Å²) in [7, 11) is 1.77. The van der Waals surface area contributed by atoms with Gasteiger partial charge in [-0.1, -0.05) is 25.3 Å². The number of carbonyl (C=O) groups excluding carboxylic acids is 1. The molecule has 0 aromatic rings. The van der Waals surface area contributed by atoms with Crippen LogP contribution in [0.5, 0.6) is 0 Å². The summed E-state index contributed by atoms with van der Waals surface area (Å²) in [4.78, 5) is 29.0. The first-order valence-corrected chi connectivity index (χ1v) is 10.9. The van der Waals surface area contributed by atoms with E-state index < -0.39 is 6.09 Å². The fourth-order valence-electron chi connectivity index (χ4n) is 5.24. The van der Waals surface area contributed by atoms with Crippen LogP contribution in [-0.4, -0.2) is 77.6 Å². The van der Waals surface area contributed by atoms with Crippen molar-refractivity contribution in [2.75, 3.05) is 39.8 Å². The maximum absolute atomic E-state index is 11.7. The third-order valence-electron chi connectivity index (χ3n) is 7.03. The second-order valence-electron chi connectivity index (χ2n) is 8.71. The first-order valence-electron chi connectivity index (χ1n) is 10.9. The van der Waals surface area contributed by atoms with Gasteiger partial charge in [0.25, 0.3) is 0 Å². The van der Waals surface area contributed by atoms with Crippen LogP contribution < -0.4 is 0 Å². The van der Waals surface area contributed by atoms with Gasteiger partial charge in [0.15, 0.2) is 0 Å². The Kier molecular flexibility index (Phi) is 7.17. The Labute approximate surface area is 174 Å². The van der Waals surface area contributed by atoms with E-state index in [4.69, 9.17) is 0 Å². The van der Waals surface area contributed by atoms with E-state index in [-0.39, 0.29) is 17.9 Å². The molecule has 0 aromatic heterocycles. The molecule has 5 aliphatic heterocycles. The molecule has 0 aromatic carbocycles. The SMILES string of the molecule is C1CN2CCC1CC2.C=CC1=C(C=C)C(C2CCC(=O)N(C)C2)N(C(=O)O)CC1. The van der Waals surface area contributed by atoms with Crippen molar-refractivity contribution in [1.29, 1.82) is 0 Å². The Bertz CT molecular complexity index is 656. The molecule has 0 radical (unpaired) electrons. The zero-order chi connectivity index (χ0) is 21.0. The van der Waals surface area contributed by atoms with Crippen LogP contribution in [0, 0.1) is 11.8 Å². The summed E-state index contributed by atoms with van der Waals surface area (Å²) >= 11 is 0. The zero-order valence-corrected chi connectivity index (χ0v) is 17.7. The molecule has 6 nitrogen and oxygen atoms in total. The highest BCUT2D eigenvalue weighted by Gasteiger charge is 2.39. The lowest BCUT2D eigenvalue weighted by atomic mass is 9.80. The first-order chi connectivity index (χ1) is 13.9. The molecule has 5 heterocycles. The fraction of sp³-hybridized carbons (Fsp3) is 0.652. The van der Waals surface area contributed by atoms with Gasteiger partial charge in [-0.05, 0) is 68.8 Å². The van der Waals surface area contributed by atoms with Gasteiger partial charge in [-0.15, -0.1) is 0 Å². The van der Waals surface area contributed by atoms with Gasteiger partial charge in [0.05, 0.1) is 6.04 Å². The van der Waals surface area contributed by atoms with Crippen molar-refractivity contribution in [3.05, 3.63) is 36.5 Å². The van der Waals surface area contributed by atoms with Crippen LogP contribution in [-0.2, 0) is 4.79 Å². The average Bonchev–Trinajstić information content (AvgIpc) is 2.76. The molecule has 29 heavy (non-hydrogen) atoms. The van der Waals surface area contributed by atoms with Gasteiger partial charge in [0, 0.05) is 32.5 Å². The molecule has 160 valence electrons. The van der Waals surface area contributed by atoms with Gasteiger partial charge in [-0.25, -0.2) is 4.79 Å². The van der Waals surface area contributed by atoms with E-state index in [1.807, 2.05) is 0 Å². The molecule has 0 spiro atoms. The van der Waals surface area contributed by atoms with Crippen molar-refractivity contribution in [2.24, 2.45) is 11.8 Å². The minimum absolute atomic E-state index is 0.104. The molecule has 1 N–H and O–H groups in total. The molecule has 5 aliphatic rings. The smallest absolute Gasteiger partial charge is 0.407 e. The molecule has 0 aliphatic carbocycles. The van der Waals surface area contributed by atoms with Crippen molar-refractivity contribution < 1.29 is 14.7 Å². The van der Waals surface area contributed by atoms with Crippen LogP contribution in [0.15, 0.2) is 36.5 Å². The molecule has 0 saturated carbocycles. The Morgan fingerprint density at radius 2 is 1.69 bits per heavy atom. The van der Waals surface area contributed by atoms with Gasteiger partial charge in [-0.2, -0.15) is 0 Å². The molecule has 2 unspecified atom stereocenters. The maximum Gasteiger partial charge on any atom is 0.407 e. The predicted molar refractivity (Wildman–Crippen MR) is 115 cm³/mol. The number of hydrogen-bond acceptors (Lipinski definition) is 3. The highest BCUT2D eigenvalue weighted by Crippen LogP contribution is 2.34. The number of fused-ring (bicyclic) bond motifs is 3. The van der Waals surface area contributed by atoms with E-state index >= 15 is 0 Å². The molecular weight excluding hydrogens is 366 g/mol. The number of likely N-dealkylation sites (tertiary alicyclic amines) is 1. The highest BCUT2D eigenvalue weighted by molar-refractivity contribution is 5.76. The number of allylic oxidation sites excluding steroid dienone is 1. The summed E-state index contributed by atoms with van der Waals surface area (Å²) in [6, 6.07) is -0.239. The quantitative estimate of drug-likeness (QED) is 0.787. The zero-order valence-electron chi connectivity index (χ0n) is 17.7. The van der Waals surface area contributed by atoms with Crippen molar-refractivity contribution in [1.82, 2.24) is 14.7 Å². The van der Waals surface area contributed by atoms with E-state index in [0.29, 0.717) is 32.4 Å². The third kappa shape index (κ3) is 4.92. The molecule has 5 rings (SSSR count). The molecule has 6 heteroatoms. The second-order valence-corrected chi connectivity index (χ2v) is 8.71. The van der Waals surface area contributed by atoms with Gasteiger partial charge >= 0.3 is 6.09 Å². The minimum atomic E-state index is -0.915. The van der Waals surface area contributed by atoms with Gasteiger partial charge < -0.3 is 19.8 Å². The molecule has 4 fully saturated rings. The van der Waals surface area contributed by atoms with Crippen LogP contribution in [0.1, 0.15) is 38.5 Å². The summed E-state index contributed by atoms with van der Waals surface area (Å²) in [5.41, 5.74) is 2.00. The minimum Gasteiger partial charge on any atom is -0.465 e. The van der Waals surface area contributed by atoms with Gasteiger partial charge in [0.2, 0.25) is 5.91 Å². The number of rotatable bonds is 3. The normalized spacial score (nSPS) is 31.8. The van der Waals surface area contributed by atoms with Gasteiger partial charge in [0.1, 0.15) is 0 Å². The van der Waals surface area contributed by atoms with E-state index in [1.54, 1.807) is 24.1 Å². The molecule has 2 amide bonds. The van der Waals surface area contributed by atoms with Gasteiger partial charge in [-0.3, -0.25) is 4.79 Å². The number of carboxylic acid groups (broad SMARTS) is 1. The molecule has 2 atom stereocenters. The fourth-order valence-corrected chi connectivity index (χ4v) is 5.24. The van der Waals surface area contributed by atoms with Crippen molar-refractivity contribution in [3.63, 3.8) is 0 Å². The monoisotopic (exact) mass is 401 g/mol. The first kappa shape index (κ1) is 21.6. The van der Waals surface area contributed by atoms with E-state index in [0.717, 1.165) is 17.1 Å². The topological polar surface area (TPSA) is 64.1 Å². The van der Waals surface area contributed by atoms with Crippen LogP contribution >= 0.6 is 0 Å². The number of hydrogen-bond donors (Lipinski definition) is 1. The Morgan fingerprint density at radius 3 is 2.10 bits per heavy atom. The molecule has 2 bridgehead atoms. The van der Waals surface area contributed by atoms with E-state index in [9.17, 15) is 14.7 Å². The lowest BCUT2D eigenvalue weighted by molar-refractivity contribution is -0.133. The summed E-state index contributed by atoms with van der Waals surface area (Å²) in [6.45, 7) is 12.9. The largest absolute Gasteiger partial charge is 0.465 e. The van der Waals surface area contributed by atoms with E-state index in [2.05, 4.69) is 18.1 Å². The number of nitrogens with zero attached hydrogens (tertiary/aromatic N) is 3. The maximum atomic E-state index is 11.7. The molecule has 4 saturated heterocycles. The summed E-state index contributed by atoms with van der Waals surface area (Å²) in [6.07, 6.45) is 8.92. The number of amides is 2. The third-order valence-corrected chi connectivity index (χ3v) is 7.03. The van der Waals surface area contributed by atoms with E-state index in [1.165, 1.54) is 43.8 Å². The van der Waals surface area contributed by atoms with Crippen LogP contribution in [0.4, 0.5) is 4.79 Å². The van der Waals surface area contributed by atoms with Crippen LogP contribution in [0.3, 0.4) is 0 Å². The second kappa shape index (κ2) is 9.61. The highest BCUT2D eigenvalue weighted by atomic mass is 16.4. The van der Waals surface area contributed by atoms with Crippen molar-refractivity contribution >= 4 is 12.0 Å². The Morgan fingerprint density at radius 1 is 1.03 bits per heavy atom. The summed E-state index contributed by atoms with van der Waals surface area (Å²) < 4.78 is 0. The predicted octanol–water partition coefficient (Wildman–Crippen LogP) is 3.38. The van der Waals surface area contributed by atoms with Crippen molar-refractivity contribution in [2.45, 2.75) is 44.6 Å². The summed E-state index contributed by atoms with van der Waals surface area (Å²) in [5.74, 6) is 1.34. The van der Waals surface area contributed by atoms with Crippen LogP contribution in [0.25, 0.3) is 0 Å². The van der Waals surface area contributed by atoms with Crippen LogP contribution in [0.2, 0.25) is 0 Å². The van der Waals surface area contributed by atoms with Crippen molar-refractivity contribution in [3.8, 4) is 0 Å². The molecular formula is C23H35N3O3. The number of carbonyl (C=O) groups is 2. The Hall–Kier alpha value is -2.08. The average molecular weight is 402 g/mol. The number of piperidine rings is 4. The summed E-state index contributed by atoms with van der Waals surface area (Å²) in [5, 5.41) is 9.49. The lowest BCUT2D eigenvalue weighted by Gasteiger charge is -2.43. The lowest BCUT2D eigenvalue weighted by Crippen LogP contribution is -2.52. The Balaban J connectivity index is 0.000000246.